The number of rotatable bonds is 1. The van der Waals surface area contributed by atoms with Crippen molar-refractivity contribution in [1.29, 1.82) is 5.26 Å². The van der Waals surface area contributed by atoms with E-state index in [1.807, 2.05) is 0 Å². The van der Waals surface area contributed by atoms with Crippen LogP contribution in [0.3, 0.4) is 0 Å². The molecule has 0 heterocycles. The van der Waals surface area contributed by atoms with Gasteiger partial charge < -0.3 is 5.11 Å². The van der Waals surface area contributed by atoms with Gasteiger partial charge in [-0.15, -0.1) is 0 Å². The lowest BCUT2D eigenvalue weighted by molar-refractivity contribution is -0.385. The largest absolute Gasteiger partial charge is 0.508 e. The summed E-state index contributed by atoms with van der Waals surface area (Å²) < 4.78 is 0. The summed E-state index contributed by atoms with van der Waals surface area (Å²) >= 11 is 0. The fourth-order valence-electron chi connectivity index (χ4n) is 0.766. The molecule has 0 saturated carbocycles. The molecule has 0 bridgehead atoms. The Labute approximate surface area is 67.6 Å². The number of nitro groups is 1. The van der Waals surface area contributed by atoms with Crippen molar-refractivity contribution in [2.75, 3.05) is 0 Å². The maximum Gasteiger partial charge on any atom is 0.290 e. The molecule has 0 aliphatic carbocycles. The van der Waals surface area contributed by atoms with Crippen LogP contribution in [0.25, 0.3) is 0 Å². The van der Waals surface area contributed by atoms with Gasteiger partial charge in [0.15, 0.2) is 0 Å². The standard InChI is InChI=1S/C7H4N2O3/c8-4-5-1-2-6(10)3-7(5)9(11)12/h1-3,10H. The SMILES string of the molecule is N#Cc1ccc(O)cc1[N+](=O)[O-]. The van der Waals surface area contributed by atoms with Crippen molar-refractivity contribution in [3.63, 3.8) is 0 Å². The Hall–Kier alpha value is -2.09. The second-order valence-electron chi connectivity index (χ2n) is 2.07. The Morgan fingerprint density at radius 2 is 2.25 bits per heavy atom. The lowest BCUT2D eigenvalue weighted by atomic mass is 10.2. The third kappa shape index (κ3) is 1.32. The first-order valence-corrected chi connectivity index (χ1v) is 3.02. The van der Waals surface area contributed by atoms with Gasteiger partial charge >= 0.3 is 0 Å². The lowest BCUT2D eigenvalue weighted by Gasteiger charge is -1.94. The molecule has 60 valence electrons. The molecule has 0 atom stereocenters. The number of nitrogens with zero attached hydrogens (tertiary/aromatic N) is 2. The van der Waals surface area contributed by atoms with Crippen molar-refractivity contribution < 1.29 is 10.0 Å². The Kier molecular flexibility index (Phi) is 1.92. The summed E-state index contributed by atoms with van der Waals surface area (Å²) in [5.41, 5.74) is -0.435. The first kappa shape index (κ1) is 8.01. The molecule has 0 saturated heterocycles. The molecule has 0 unspecified atom stereocenters. The third-order valence-corrected chi connectivity index (χ3v) is 1.30. The topological polar surface area (TPSA) is 87.2 Å². The van der Waals surface area contributed by atoms with Gasteiger partial charge in [-0.05, 0) is 12.1 Å². The highest BCUT2D eigenvalue weighted by Crippen LogP contribution is 2.22. The predicted octanol–water partition coefficient (Wildman–Crippen LogP) is 1.17. The van der Waals surface area contributed by atoms with E-state index in [9.17, 15) is 10.1 Å². The number of hydrogen-bond donors (Lipinski definition) is 1. The molecule has 1 rings (SSSR count). The summed E-state index contributed by atoms with van der Waals surface area (Å²) in [7, 11) is 0. The van der Waals surface area contributed by atoms with Crippen molar-refractivity contribution in [2.45, 2.75) is 0 Å². The second kappa shape index (κ2) is 2.88. The molecule has 0 spiro atoms. The highest BCUT2D eigenvalue weighted by molar-refractivity contribution is 5.51. The highest BCUT2D eigenvalue weighted by atomic mass is 16.6. The number of phenols is 1. The number of hydrogen-bond acceptors (Lipinski definition) is 4. The molecule has 1 aromatic carbocycles. The minimum Gasteiger partial charge on any atom is -0.508 e. The van der Waals surface area contributed by atoms with Gasteiger partial charge in [0.1, 0.15) is 17.4 Å². The van der Waals surface area contributed by atoms with E-state index in [2.05, 4.69) is 0 Å². The molecular formula is C7H4N2O3. The molecule has 12 heavy (non-hydrogen) atoms. The summed E-state index contributed by atoms with van der Waals surface area (Å²) in [6.07, 6.45) is 0. The molecule has 1 N–H and O–H groups in total. The molecule has 0 aliphatic rings. The number of aromatic hydroxyl groups is 1. The summed E-state index contributed by atoms with van der Waals surface area (Å²) in [6.45, 7) is 0. The Bertz CT molecular complexity index is 367. The molecule has 0 aliphatic heterocycles. The van der Waals surface area contributed by atoms with E-state index in [1.54, 1.807) is 6.07 Å². The van der Waals surface area contributed by atoms with Crippen molar-refractivity contribution in [3.8, 4) is 11.8 Å². The smallest absolute Gasteiger partial charge is 0.290 e. The molecule has 5 nitrogen and oxygen atoms in total. The average molecular weight is 164 g/mol. The van der Waals surface area contributed by atoms with E-state index in [-0.39, 0.29) is 17.0 Å². The molecule has 0 radical (unpaired) electrons. The van der Waals surface area contributed by atoms with Crippen LogP contribution >= 0.6 is 0 Å². The monoisotopic (exact) mass is 164 g/mol. The van der Waals surface area contributed by atoms with Gasteiger partial charge in [-0.1, -0.05) is 0 Å². The molecule has 0 aromatic heterocycles. The normalized spacial score (nSPS) is 8.92. The Morgan fingerprint density at radius 1 is 1.58 bits per heavy atom. The highest BCUT2D eigenvalue weighted by Gasteiger charge is 2.13. The van der Waals surface area contributed by atoms with Crippen molar-refractivity contribution in [1.82, 2.24) is 0 Å². The van der Waals surface area contributed by atoms with Gasteiger partial charge in [0, 0.05) is 0 Å². The van der Waals surface area contributed by atoms with Crippen LogP contribution in [0.5, 0.6) is 5.75 Å². The van der Waals surface area contributed by atoms with Gasteiger partial charge in [0.05, 0.1) is 11.0 Å². The van der Waals surface area contributed by atoms with E-state index in [1.165, 1.54) is 12.1 Å². The first-order chi connectivity index (χ1) is 5.65. The molecule has 0 fully saturated rings. The summed E-state index contributed by atoms with van der Waals surface area (Å²) in [4.78, 5) is 9.57. The summed E-state index contributed by atoms with van der Waals surface area (Å²) in [5.74, 6) is -0.222. The number of phenolic OH excluding ortho intramolecular Hbond substituents is 1. The van der Waals surface area contributed by atoms with Crippen molar-refractivity contribution in [3.05, 3.63) is 33.9 Å². The van der Waals surface area contributed by atoms with Crippen LogP contribution in [0.1, 0.15) is 5.56 Å². The minimum atomic E-state index is -0.710. The van der Waals surface area contributed by atoms with E-state index in [0.717, 1.165) is 6.07 Å². The van der Waals surface area contributed by atoms with Crippen LogP contribution in [0, 0.1) is 21.4 Å². The Morgan fingerprint density at radius 3 is 2.75 bits per heavy atom. The lowest BCUT2D eigenvalue weighted by Crippen LogP contribution is -1.91. The van der Waals surface area contributed by atoms with Crippen LogP contribution in [-0.4, -0.2) is 10.0 Å². The second-order valence-corrected chi connectivity index (χ2v) is 2.07. The Balaban J connectivity index is 3.34. The van der Waals surface area contributed by atoms with Crippen LogP contribution in [0.2, 0.25) is 0 Å². The van der Waals surface area contributed by atoms with E-state index in [4.69, 9.17) is 10.4 Å². The van der Waals surface area contributed by atoms with Crippen molar-refractivity contribution >= 4 is 5.69 Å². The van der Waals surface area contributed by atoms with Gasteiger partial charge in [-0.25, -0.2) is 0 Å². The first-order valence-electron chi connectivity index (χ1n) is 3.02. The zero-order valence-corrected chi connectivity index (χ0v) is 5.89. The molecule has 1 aromatic rings. The van der Waals surface area contributed by atoms with Crippen LogP contribution in [0.4, 0.5) is 5.69 Å². The fraction of sp³-hybridized carbons (Fsp3) is 0. The van der Waals surface area contributed by atoms with Crippen molar-refractivity contribution in [2.24, 2.45) is 0 Å². The zero-order chi connectivity index (χ0) is 9.14. The summed E-state index contributed by atoms with van der Waals surface area (Å²) in [5, 5.41) is 27.6. The maximum atomic E-state index is 10.3. The van der Waals surface area contributed by atoms with Gasteiger partial charge in [-0.3, -0.25) is 10.1 Å². The van der Waals surface area contributed by atoms with Crippen LogP contribution in [-0.2, 0) is 0 Å². The number of nitro benzene ring substituents is 1. The van der Waals surface area contributed by atoms with E-state index < -0.39 is 4.92 Å². The third-order valence-electron chi connectivity index (χ3n) is 1.30. The van der Waals surface area contributed by atoms with Gasteiger partial charge in [0.25, 0.3) is 5.69 Å². The zero-order valence-electron chi connectivity index (χ0n) is 5.89. The quantitative estimate of drug-likeness (QED) is 0.498. The number of nitriles is 1. The van der Waals surface area contributed by atoms with E-state index >= 15 is 0 Å². The van der Waals surface area contributed by atoms with Gasteiger partial charge in [-0.2, -0.15) is 5.26 Å². The van der Waals surface area contributed by atoms with E-state index in [0.29, 0.717) is 0 Å². The minimum absolute atomic E-state index is 0.0576. The molecular weight excluding hydrogens is 160 g/mol. The summed E-state index contributed by atoms with van der Waals surface area (Å²) in [6, 6.07) is 5.02. The van der Waals surface area contributed by atoms with Crippen LogP contribution in [0.15, 0.2) is 18.2 Å². The number of benzene rings is 1. The molecule has 0 amide bonds. The van der Waals surface area contributed by atoms with Gasteiger partial charge in [0.2, 0.25) is 0 Å². The predicted molar refractivity (Wildman–Crippen MR) is 39.5 cm³/mol. The average Bonchev–Trinajstić information content (AvgIpc) is 2.04. The maximum absolute atomic E-state index is 10.3. The van der Waals surface area contributed by atoms with Crippen LogP contribution < -0.4 is 0 Å². The molecule has 5 heteroatoms. The fourth-order valence-corrected chi connectivity index (χ4v) is 0.766.